The first-order chi connectivity index (χ1) is 6.50. The molecule has 0 aliphatic heterocycles. The monoisotopic (exact) mass is 195 g/mol. The standard InChI is InChI=1S/C10H13NO3/c1-6-7(2)9(10(13)14)11(3)8(6)4-5-12/h5H,4H2,1-3H3,(H,13,14). The van der Waals surface area contributed by atoms with Crippen molar-refractivity contribution in [2.75, 3.05) is 0 Å². The van der Waals surface area contributed by atoms with E-state index in [1.165, 1.54) is 0 Å². The molecular formula is C10H13NO3. The van der Waals surface area contributed by atoms with Crippen molar-refractivity contribution < 1.29 is 14.7 Å². The SMILES string of the molecule is Cc1c(C)c(C(=O)O)n(C)c1CC=O. The topological polar surface area (TPSA) is 59.3 Å². The van der Waals surface area contributed by atoms with Crippen LogP contribution in [0.5, 0.6) is 0 Å². The fourth-order valence-electron chi connectivity index (χ4n) is 1.70. The van der Waals surface area contributed by atoms with Gasteiger partial charge in [-0.05, 0) is 25.0 Å². The summed E-state index contributed by atoms with van der Waals surface area (Å²) in [5.74, 6) is -0.953. The van der Waals surface area contributed by atoms with Gasteiger partial charge in [-0.1, -0.05) is 0 Å². The second-order valence-electron chi connectivity index (χ2n) is 3.28. The molecule has 0 saturated heterocycles. The van der Waals surface area contributed by atoms with E-state index in [1.807, 2.05) is 6.92 Å². The lowest BCUT2D eigenvalue weighted by atomic mass is 10.1. The summed E-state index contributed by atoms with van der Waals surface area (Å²) >= 11 is 0. The predicted octanol–water partition coefficient (Wildman–Crippen LogP) is 1.08. The third-order valence-electron chi connectivity index (χ3n) is 2.57. The summed E-state index contributed by atoms with van der Waals surface area (Å²) in [5, 5.41) is 8.94. The minimum Gasteiger partial charge on any atom is -0.477 e. The van der Waals surface area contributed by atoms with Crippen LogP contribution < -0.4 is 0 Å². The Balaban J connectivity index is 3.40. The van der Waals surface area contributed by atoms with Gasteiger partial charge in [-0.3, -0.25) is 0 Å². The summed E-state index contributed by atoms with van der Waals surface area (Å²) in [5.41, 5.74) is 2.66. The Labute approximate surface area is 82.2 Å². The third-order valence-corrected chi connectivity index (χ3v) is 2.57. The number of carbonyl (C=O) groups excluding carboxylic acids is 1. The second-order valence-corrected chi connectivity index (χ2v) is 3.28. The van der Waals surface area contributed by atoms with Crippen molar-refractivity contribution in [2.45, 2.75) is 20.3 Å². The van der Waals surface area contributed by atoms with Gasteiger partial charge in [-0.25, -0.2) is 4.79 Å². The first-order valence-electron chi connectivity index (χ1n) is 4.32. The zero-order valence-electron chi connectivity index (χ0n) is 8.50. The Hall–Kier alpha value is -1.58. The van der Waals surface area contributed by atoms with Crippen LogP contribution in [0.1, 0.15) is 27.3 Å². The maximum atomic E-state index is 10.9. The number of carboxylic acids is 1. The van der Waals surface area contributed by atoms with Gasteiger partial charge in [0, 0.05) is 19.2 Å². The van der Waals surface area contributed by atoms with Gasteiger partial charge in [-0.2, -0.15) is 0 Å². The molecule has 1 heterocycles. The number of carboxylic acid groups (broad SMARTS) is 1. The average molecular weight is 195 g/mol. The summed E-state index contributed by atoms with van der Waals surface area (Å²) in [7, 11) is 1.67. The van der Waals surface area contributed by atoms with Gasteiger partial charge >= 0.3 is 5.97 Å². The molecule has 1 aromatic heterocycles. The molecule has 1 rings (SSSR count). The number of rotatable bonds is 3. The zero-order valence-corrected chi connectivity index (χ0v) is 8.50. The van der Waals surface area contributed by atoms with Gasteiger partial charge in [0.25, 0.3) is 0 Å². The van der Waals surface area contributed by atoms with Crippen molar-refractivity contribution in [1.29, 1.82) is 0 Å². The van der Waals surface area contributed by atoms with Gasteiger partial charge < -0.3 is 14.5 Å². The highest BCUT2D eigenvalue weighted by Gasteiger charge is 2.19. The molecular weight excluding hydrogens is 182 g/mol. The fourth-order valence-corrected chi connectivity index (χ4v) is 1.70. The Morgan fingerprint density at radius 3 is 2.36 bits per heavy atom. The van der Waals surface area contributed by atoms with E-state index in [2.05, 4.69) is 0 Å². The van der Waals surface area contributed by atoms with Gasteiger partial charge in [0.15, 0.2) is 0 Å². The quantitative estimate of drug-likeness (QED) is 0.734. The van der Waals surface area contributed by atoms with Crippen LogP contribution >= 0.6 is 0 Å². The van der Waals surface area contributed by atoms with E-state index in [0.29, 0.717) is 0 Å². The number of aromatic carboxylic acids is 1. The number of hydrogen-bond donors (Lipinski definition) is 1. The second kappa shape index (κ2) is 3.65. The molecule has 0 amide bonds. The van der Waals surface area contributed by atoms with E-state index in [1.54, 1.807) is 18.5 Å². The summed E-state index contributed by atoms with van der Waals surface area (Å²) in [6.07, 6.45) is 1.05. The number of nitrogens with zero attached hydrogens (tertiary/aromatic N) is 1. The molecule has 0 aromatic carbocycles. The molecule has 4 nitrogen and oxygen atoms in total. The maximum Gasteiger partial charge on any atom is 0.352 e. The molecule has 0 aliphatic carbocycles. The van der Waals surface area contributed by atoms with Crippen molar-refractivity contribution >= 4 is 12.3 Å². The van der Waals surface area contributed by atoms with Crippen molar-refractivity contribution in [3.05, 3.63) is 22.5 Å². The molecule has 76 valence electrons. The summed E-state index contributed by atoms with van der Waals surface area (Å²) in [6, 6.07) is 0. The molecule has 0 atom stereocenters. The van der Waals surface area contributed by atoms with Crippen molar-refractivity contribution in [3.8, 4) is 0 Å². The average Bonchev–Trinajstić information content (AvgIpc) is 2.30. The van der Waals surface area contributed by atoms with Gasteiger partial charge in [0.05, 0.1) is 0 Å². The van der Waals surface area contributed by atoms with E-state index in [9.17, 15) is 9.59 Å². The molecule has 1 aromatic rings. The third kappa shape index (κ3) is 1.43. The van der Waals surface area contributed by atoms with Gasteiger partial charge in [0.1, 0.15) is 12.0 Å². The largest absolute Gasteiger partial charge is 0.477 e. The molecule has 1 N–H and O–H groups in total. The lowest BCUT2D eigenvalue weighted by Gasteiger charge is -2.02. The van der Waals surface area contributed by atoms with Crippen molar-refractivity contribution in [2.24, 2.45) is 7.05 Å². The molecule has 0 radical (unpaired) electrons. The van der Waals surface area contributed by atoms with E-state index in [-0.39, 0.29) is 12.1 Å². The van der Waals surface area contributed by atoms with E-state index < -0.39 is 5.97 Å². The molecule has 0 aliphatic rings. The molecule has 14 heavy (non-hydrogen) atoms. The first-order valence-corrected chi connectivity index (χ1v) is 4.32. The minimum atomic E-state index is -0.953. The van der Waals surface area contributed by atoms with E-state index in [0.717, 1.165) is 23.1 Å². The van der Waals surface area contributed by atoms with Crippen molar-refractivity contribution in [3.63, 3.8) is 0 Å². The Bertz CT molecular complexity index is 391. The van der Waals surface area contributed by atoms with Gasteiger partial charge in [-0.15, -0.1) is 0 Å². The summed E-state index contributed by atoms with van der Waals surface area (Å²) < 4.78 is 1.57. The number of hydrogen-bond acceptors (Lipinski definition) is 2. The van der Waals surface area contributed by atoms with E-state index >= 15 is 0 Å². The highest BCUT2D eigenvalue weighted by Crippen LogP contribution is 2.20. The molecule has 0 unspecified atom stereocenters. The predicted molar refractivity (Wildman–Crippen MR) is 51.6 cm³/mol. The zero-order chi connectivity index (χ0) is 10.9. The van der Waals surface area contributed by atoms with Crippen LogP contribution in [0.15, 0.2) is 0 Å². The highest BCUT2D eigenvalue weighted by atomic mass is 16.4. The molecule has 0 saturated carbocycles. The van der Waals surface area contributed by atoms with Crippen LogP contribution in [-0.2, 0) is 18.3 Å². The van der Waals surface area contributed by atoms with Crippen LogP contribution in [0.3, 0.4) is 0 Å². The van der Waals surface area contributed by atoms with Crippen LogP contribution in [0.25, 0.3) is 0 Å². The first kappa shape index (κ1) is 10.5. The molecule has 4 heteroatoms. The maximum absolute atomic E-state index is 10.9. The minimum absolute atomic E-state index is 0.260. The molecule has 0 bridgehead atoms. The lowest BCUT2D eigenvalue weighted by Crippen LogP contribution is -2.08. The number of aromatic nitrogens is 1. The molecule has 0 spiro atoms. The summed E-state index contributed by atoms with van der Waals surface area (Å²) in [6.45, 7) is 3.59. The van der Waals surface area contributed by atoms with Crippen LogP contribution in [0, 0.1) is 13.8 Å². The van der Waals surface area contributed by atoms with Crippen LogP contribution in [0.2, 0.25) is 0 Å². The van der Waals surface area contributed by atoms with Crippen molar-refractivity contribution in [1.82, 2.24) is 4.57 Å². The normalized spacial score (nSPS) is 10.2. The smallest absolute Gasteiger partial charge is 0.352 e. The Morgan fingerprint density at radius 1 is 1.43 bits per heavy atom. The fraction of sp³-hybridized carbons (Fsp3) is 0.400. The lowest BCUT2D eigenvalue weighted by molar-refractivity contribution is -0.107. The highest BCUT2D eigenvalue weighted by molar-refractivity contribution is 5.88. The Kier molecular flexibility index (Phi) is 2.74. The van der Waals surface area contributed by atoms with E-state index in [4.69, 9.17) is 5.11 Å². The van der Waals surface area contributed by atoms with Gasteiger partial charge in [0.2, 0.25) is 0 Å². The molecule has 0 fully saturated rings. The summed E-state index contributed by atoms with van der Waals surface area (Å²) in [4.78, 5) is 21.3. The number of aldehydes is 1. The number of carbonyl (C=O) groups is 2. The van der Waals surface area contributed by atoms with Crippen LogP contribution in [-0.4, -0.2) is 21.9 Å². The van der Waals surface area contributed by atoms with Crippen LogP contribution in [0.4, 0.5) is 0 Å². The Morgan fingerprint density at radius 2 is 2.00 bits per heavy atom.